The molecular formula is C17H26N4O. The van der Waals surface area contributed by atoms with Crippen LogP contribution in [0.2, 0.25) is 0 Å². The Morgan fingerprint density at radius 3 is 3.05 bits per heavy atom. The maximum Gasteiger partial charge on any atom is 0.191 e. The van der Waals surface area contributed by atoms with Crippen molar-refractivity contribution in [3.8, 4) is 0 Å². The van der Waals surface area contributed by atoms with E-state index in [0.717, 1.165) is 24.7 Å². The SMILES string of the molecule is CN=C(NCc1ncccc1C)NC1C2CCOC2C1(C)C. The van der Waals surface area contributed by atoms with Gasteiger partial charge in [0.2, 0.25) is 0 Å². The highest BCUT2D eigenvalue weighted by atomic mass is 16.5. The third kappa shape index (κ3) is 2.58. The Morgan fingerprint density at radius 2 is 2.32 bits per heavy atom. The van der Waals surface area contributed by atoms with Gasteiger partial charge in [0.05, 0.1) is 18.3 Å². The average Bonchev–Trinajstić information content (AvgIpc) is 2.96. The highest BCUT2D eigenvalue weighted by Gasteiger charge is 2.59. The highest BCUT2D eigenvalue weighted by Crippen LogP contribution is 2.52. The number of rotatable bonds is 3. The first kappa shape index (κ1) is 15.3. The predicted octanol–water partition coefficient (Wildman–Crippen LogP) is 1.87. The van der Waals surface area contributed by atoms with Crippen molar-refractivity contribution in [1.82, 2.24) is 15.6 Å². The van der Waals surface area contributed by atoms with Crippen molar-refractivity contribution in [3.63, 3.8) is 0 Å². The van der Waals surface area contributed by atoms with Crippen molar-refractivity contribution in [1.29, 1.82) is 0 Å². The molecule has 2 fully saturated rings. The first-order valence-corrected chi connectivity index (χ1v) is 8.03. The number of hydrogen-bond donors (Lipinski definition) is 2. The van der Waals surface area contributed by atoms with Crippen LogP contribution < -0.4 is 10.6 Å². The van der Waals surface area contributed by atoms with Crippen LogP contribution in [-0.4, -0.2) is 36.7 Å². The van der Waals surface area contributed by atoms with Crippen molar-refractivity contribution < 1.29 is 4.74 Å². The number of nitrogens with one attached hydrogen (secondary N) is 2. The fraction of sp³-hybridized carbons (Fsp3) is 0.647. The summed E-state index contributed by atoms with van der Waals surface area (Å²) >= 11 is 0. The van der Waals surface area contributed by atoms with Crippen LogP contribution in [0.1, 0.15) is 31.5 Å². The first-order valence-electron chi connectivity index (χ1n) is 8.03. The van der Waals surface area contributed by atoms with Crippen LogP contribution in [0.25, 0.3) is 0 Å². The number of aliphatic imine (C=N–C) groups is 1. The summed E-state index contributed by atoms with van der Waals surface area (Å²) in [4.78, 5) is 8.77. The Balaban J connectivity index is 1.60. The minimum absolute atomic E-state index is 0.152. The molecule has 0 aromatic carbocycles. The van der Waals surface area contributed by atoms with E-state index in [-0.39, 0.29) is 5.41 Å². The number of fused-ring (bicyclic) bond motifs is 1. The molecule has 120 valence electrons. The predicted molar refractivity (Wildman–Crippen MR) is 87.7 cm³/mol. The van der Waals surface area contributed by atoms with Crippen molar-refractivity contribution in [2.24, 2.45) is 16.3 Å². The number of pyridine rings is 1. The molecule has 0 bridgehead atoms. The van der Waals surface area contributed by atoms with Crippen LogP contribution in [-0.2, 0) is 11.3 Å². The molecule has 1 aromatic heterocycles. The van der Waals surface area contributed by atoms with Gasteiger partial charge in [-0.25, -0.2) is 0 Å². The van der Waals surface area contributed by atoms with Crippen LogP contribution >= 0.6 is 0 Å². The lowest BCUT2D eigenvalue weighted by atomic mass is 9.57. The second kappa shape index (κ2) is 5.88. The van der Waals surface area contributed by atoms with Crippen molar-refractivity contribution in [3.05, 3.63) is 29.6 Å². The van der Waals surface area contributed by atoms with Gasteiger partial charge < -0.3 is 15.4 Å². The average molecular weight is 302 g/mol. The molecule has 3 unspecified atom stereocenters. The van der Waals surface area contributed by atoms with Crippen molar-refractivity contribution in [2.75, 3.05) is 13.7 Å². The fourth-order valence-corrected chi connectivity index (χ4v) is 3.83. The Kier molecular flexibility index (Phi) is 4.08. The fourth-order valence-electron chi connectivity index (χ4n) is 3.83. The lowest BCUT2D eigenvalue weighted by molar-refractivity contribution is -0.106. The molecule has 2 heterocycles. The molecule has 1 aliphatic heterocycles. The normalized spacial score (nSPS) is 29.6. The monoisotopic (exact) mass is 302 g/mol. The highest BCUT2D eigenvalue weighted by molar-refractivity contribution is 5.80. The number of nitrogens with zero attached hydrogens (tertiary/aromatic N) is 2. The maximum atomic E-state index is 5.85. The Labute approximate surface area is 132 Å². The number of aromatic nitrogens is 1. The van der Waals surface area contributed by atoms with Gasteiger partial charge >= 0.3 is 0 Å². The van der Waals surface area contributed by atoms with Crippen molar-refractivity contribution >= 4 is 5.96 Å². The standard InChI is InChI=1S/C17H26N4O/c1-11-6-5-8-19-13(11)10-20-16(18-4)21-14-12-7-9-22-15(12)17(14,2)3/h5-6,8,12,14-15H,7,9-10H2,1-4H3,(H2,18,20,21). The summed E-state index contributed by atoms with van der Waals surface area (Å²) in [5, 5.41) is 6.96. The van der Waals surface area contributed by atoms with Gasteiger partial charge in [-0.2, -0.15) is 0 Å². The summed E-state index contributed by atoms with van der Waals surface area (Å²) in [5.74, 6) is 1.44. The molecule has 0 radical (unpaired) electrons. The van der Waals surface area contributed by atoms with Crippen molar-refractivity contribution in [2.45, 2.75) is 45.9 Å². The summed E-state index contributed by atoms with van der Waals surface area (Å²) in [6, 6.07) is 4.45. The quantitative estimate of drug-likeness (QED) is 0.661. The molecule has 0 spiro atoms. The van der Waals surface area contributed by atoms with Crippen LogP contribution in [0, 0.1) is 18.3 Å². The van der Waals surface area contributed by atoms with Gasteiger partial charge in [0.15, 0.2) is 5.96 Å². The van der Waals surface area contributed by atoms with Gasteiger partial charge in [0.1, 0.15) is 0 Å². The van der Waals surface area contributed by atoms with Gasteiger partial charge in [-0.1, -0.05) is 19.9 Å². The molecule has 5 heteroatoms. The molecule has 1 saturated heterocycles. The second-order valence-electron chi connectivity index (χ2n) is 6.88. The van der Waals surface area contributed by atoms with Gasteiger partial charge in [-0.3, -0.25) is 9.98 Å². The van der Waals surface area contributed by atoms with E-state index in [2.05, 4.69) is 47.4 Å². The first-order chi connectivity index (χ1) is 10.5. The van der Waals surface area contributed by atoms with Gasteiger partial charge in [0, 0.05) is 37.2 Å². The summed E-state index contributed by atoms with van der Waals surface area (Å²) in [7, 11) is 1.81. The maximum absolute atomic E-state index is 5.85. The molecule has 0 amide bonds. The molecule has 22 heavy (non-hydrogen) atoms. The molecule has 1 saturated carbocycles. The summed E-state index contributed by atoms with van der Waals surface area (Å²) in [6.45, 7) is 8.19. The van der Waals surface area contributed by atoms with E-state index in [1.807, 2.05) is 19.3 Å². The smallest absolute Gasteiger partial charge is 0.191 e. The second-order valence-corrected chi connectivity index (χ2v) is 6.88. The van der Waals surface area contributed by atoms with E-state index in [0.29, 0.717) is 24.6 Å². The lowest BCUT2D eigenvalue weighted by Gasteiger charge is -2.54. The topological polar surface area (TPSA) is 58.5 Å². The minimum Gasteiger partial charge on any atom is -0.377 e. The van der Waals surface area contributed by atoms with Crippen LogP contribution in [0.15, 0.2) is 23.3 Å². The number of hydrogen-bond acceptors (Lipinski definition) is 3. The number of guanidine groups is 1. The molecule has 1 aromatic rings. The van der Waals surface area contributed by atoms with Crippen LogP contribution in [0.5, 0.6) is 0 Å². The zero-order valence-electron chi connectivity index (χ0n) is 13.9. The van der Waals surface area contributed by atoms with Gasteiger partial charge in [-0.05, 0) is 25.0 Å². The molecule has 3 atom stereocenters. The van der Waals surface area contributed by atoms with E-state index in [9.17, 15) is 0 Å². The lowest BCUT2D eigenvalue weighted by Crippen LogP contribution is -2.67. The summed E-state index contributed by atoms with van der Waals surface area (Å²) < 4.78 is 5.85. The molecule has 2 aliphatic rings. The van der Waals surface area contributed by atoms with E-state index < -0.39 is 0 Å². The third-order valence-electron chi connectivity index (χ3n) is 5.16. The number of ether oxygens (including phenoxy) is 1. The van der Waals surface area contributed by atoms with E-state index in [4.69, 9.17) is 4.74 Å². The van der Waals surface area contributed by atoms with E-state index >= 15 is 0 Å². The zero-order chi connectivity index (χ0) is 15.7. The molecule has 1 aliphatic carbocycles. The third-order valence-corrected chi connectivity index (χ3v) is 5.16. The molecule has 2 N–H and O–H groups in total. The van der Waals surface area contributed by atoms with Crippen LogP contribution in [0.3, 0.4) is 0 Å². The summed E-state index contributed by atoms with van der Waals surface area (Å²) in [6.07, 6.45) is 3.36. The Morgan fingerprint density at radius 1 is 1.50 bits per heavy atom. The Bertz CT molecular complexity index is 570. The number of aryl methyl sites for hydroxylation is 1. The van der Waals surface area contributed by atoms with E-state index in [1.165, 1.54) is 5.56 Å². The Hall–Kier alpha value is -1.62. The zero-order valence-corrected chi connectivity index (χ0v) is 13.9. The minimum atomic E-state index is 0.152. The van der Waals surface area contributed by atoms with Gasteiger partial charge in [0.25, 0.3) is 0 Å². The van der Waals surface area contributed by atoms with Gasteiger partial charge in [-0.15, -0.1) is 0 Å². The molecule has 5 nitrogen and oxygen atoms in total. The molecular weight excluding hydrogens is 276 g/mol. The van der Waals surface area contributed by atoms with Crippen LogP contribution in [0.4, 0.5) is 0 Å². The van der Waals surface area contributed by atoms with E-state index in [1.54, 1.807) is 0 Å². The molecule has 3 rings (SSSR count). The summed E-state index contributed by atoms with van der Waals surface area (Å²) in [5.41, 5.74) is 2.40. The largest absolute Gasteiger partial charge is 0.377 e.